The Morgan fingerprint density at radius 2 is 2.00 bits per heavy atom. The van der Waals surface area contributed by atoms with Gasteiger partial charge in [-0.2, -0.15) is 5.10 Å². The van der Waals surface area contributed by atoms with E-state index in [-0.39, 0.29) is 5.69 Å². The minimum atomic E-state index is -0.488. The Balaban J connectivity index is 2.68. The molecule has 6 nitrogen and oxygen atoms in total. The van der Waals surface area contributed by atoms with Crippen molar-refractivity contribution in [2.24, 2.45) is 5.10 Å². The van der Waals surface area contributed by atoms with Gasteiger partial charge in [0, 0.05) is 12.1 Å². The number of hydrogen-bond donors (Lipinski definition) is 1. The number of anilines is 1. The minimum absolute atomic E-state index is 0.00918. The highest BCUT2D eigenvalue weighted by atomic mass is 16.6. The van der Waals surface area contributed by atoms with Gasteiger partial charge in [0.05, 0.1) is 16.8 Å². The Morgan fingerprint density at radius 1 is 1.36 bits per heavy atom. The first-order valence-electron chi connectivity index (χ1n) is 3.71. The fourth-order valence-corrected chi connectivity index (χ4v) is 0.800. The normalized spacial score (nSPS) is 10.0. The molecule has 0 aliphatic rings. The van der Waals surface area contributed by atoms with Crippen LogP contribution in [0.4, 0.5) is 11.4 Å². The fraction of sp³-hybridized carbons (Fsp3) is 0. The van der Waals surface area contributed by atoms with Gasteiger partial charge in [-0.05, 0) is 12.1 Å². The van der Waals surface area contributed by atoms with Gasteiger partial charge in [0.15, 0.2) is 6.29 Å². The maximum Gasteiger partial charge on any atom is 0.269 e. The monoisotopic (exact) mass is 193 g/mol. The van der Waals surface area contributed by atoms with Crippen molar-refractivity contribution in [3.63, 3.8) is 0 Å². The van der Waals surface area contributed by atoms with Crippen molar-refractivity contribution in [3.8, 4) is 0 Å². The van der Waals surface area contributed by atoms with Crippen LogP contribution in [-0.2, 0) is 4.79 Å². The van der Waals surface area contributed by atoms with Gasteiger partial charge in [-0.1, -0.05) is 0 Å². The van der Waals surface area contributed by atoms with Crippen LogP contribution < -0.4 is 5.43 Å². The molecule has 0 spiro atoms. The van der Waals surface area contributed by atoms with E-state index in [1.807, 2.05) is 0 Å². The molecule has 0 saturated heterocycles. The maximum atomic E-state index is 10.3. The highest BCUT2D eigenvalue weighted by Gasteiger charge is 2.02. The number of hydrazone groups is 1. The summed E-state index contributed by atoms with van der Waals surface area (Å²) in [5.74, 6) is 0. The fourth-order valence-electron chi connectivity index (χ4n) is 0.800. The molecule has 6 heteroatoms. The summed E-state index contributed by atoms with van der Waals surface area (Å²) in [6.07, 6.45) is 1.57. The Kier molecular flexibility index (Phi) is 3.31. The molecule has 0 radical (unpaired) electrons. The molecule has 1 rings (SSSR count). The molecule has 0 saturated carbocycles. The minimum Gasteiger partial charge on any atom is -0.297 e. The van der Waals surface area contributed by atoms with E-state index in [2.05, 4.69) is 10.5 Å². The number of non-ortho nitro benzene ring substituents is 1. The number of carbonyl (C=O) groups is 1. The van der Waals surface area contributed by atoms with Crippen molar-refractivity contribution in [3.05, 3.63) is 34.4 Å². The van der Waals surface area contributed by atoms with Gasteiger partial charge in [0.1, 0.15) is 0 Å². The molecule has 0 aromatic heterocycles. The van der Waals surface area contributed by atoms with Crippen molar-refractivity contribution >= 4 is 23.9 Å². The highest BCUT2D eigenvalue weighted by Crippen LogP contribution is 2.14. The number of benzene rings is 1. The molecule has 0 aliphatic heterocycles. The van der Waals surface area contributed by atoms with Gasteiger partial charge < -0.3 is 0 Å². The van der Waals surface area contributed by atoms with Crippen LogP contribution in [-0.4, -0.2) is 17.4 Å². The van der Waals surface area contributed by atoms with Crippen LogP contribution >= 0.6 is 0 Å². The largest absolute Gasteiger partial charge is 0.297 e. The third-order valence-corrected chi connectivity index (χ3v) is 1.41. The average Bonchev–Trinajstić information content (AvgIpc) is 2.19. The SMILES string of the molecule is O=CC=NNc1ccc([N+](=O)[O-])cc1. The smallest absolute Gasteiger partial charge is 0.269 e. The number of nitro benzene ring substituents is 1. The second-order valence-corrected chi connectivity index (χ2v) is 2.33. The van der Waals surface area contributed by atoms with Gasteiger partial charge in [-0.25, -0.2) is 0 Å². The summed E-state index contributed by atoms with van der Waals surface area (Å²) in [5.41, 5.74) is 3.11. The van der Waals surface area contributed by atoms with E-state index in [0.717, 1.165) is 6.21 Å². The van der Waals surface area contributed by atoms with E-state index in [1.165, 1.54) is 24.3 Å². The number of hydrogen-bond acceptors (Lipinski definition) is 5. The molecule has 0 amide bonds. The molecule has 0 heterocycles. The molecule has 14 heavy (non-hydrogen) atoms. The lowest BCUT2D eigenvalue weighted by Gasteiger charge is -1.97. The van der Waals surface area contributed by atoms with Crippen LogP contribution in [0, 0.1) is 10.1 Å². The second kappa shape index (κ2) is 4.70. The number of nitro groups is 1. The molecule has 0 fully saturated rings. The first-order valence-corrected chi connectivity index (χ1v) is 3.71. The molecule has 0 unspecified atom stereocenters. The predicted octanol–water partition coefficient (Wildman–Crippen LogP) is 1.19. The maximum absolute atomic E-state index is 10.3. The molecule has 0 bridgehead atoms. The van der Waals surface area contributed by atoms with E-state index >= 15 is 0 Å². The van der Waals surface area contributed by atoms with Crippen LogP contribution in [0.3, 0.4) is 0 Å². The Labute approximate surface area is 79.4 Å². The first kappa shape index (κ1) is 9.85. The highest BCUT2D eigenvalue weighted by molar-refractivity contribution is 6.13. The second-order valence-electron chi connectivity index (χ2n) is 2.33. The summed E-state index contributed by atoms with van der Waals surface area (Å²) < 4.78 is 0. The van der Waals surface area contributed by atoms with Gasteiger partial charge in [-0.15, -0.1) is 0 Å². The Bertz CT molecular complexity index is 359. The van der Waals surface area contributed by atoms with Crippen LogP contribution in [0.25, 0.3) is 0 Å². The molecular weight excluding hydrogens is 186 g/mol. The van der Waals surface area contributed by atoms with Gasteiger partial charge in [0.2, 0.25) is 0 Å². The van der Waals surface area contributed by atoms with Crippen LogP contribution in [0.15, 0.2) is 29.4 Å². The van der Waals surface area contributed by atoms with Gasteiger partial charge in [0.25, 0.3) is 5.69 Å². The van der Waals surface area contributed by atoms with Crippen molar-refractivity contribution < 1.29 is 9.72 Å². The number of nitrogens with one attached hydrogen (secondary N) is 1. The van der Waals surface area contributed by atoms with Gasteiger partial charge >= 0.3 is 0 Å². The van der Waals surface area contributed by atoms with Crippen LogP contribution in [0.1, 0.15) is 0 Å². The molecule has 0 aliphatic carbocycles. The summed E-state index contributed by atoms with van der Waals surface area (Å²) in [4.78, 5) is 19.7. The number of carbonyl (C=O) groups excluding carboxylic acids is 1. The lowest BCUT2D eigenvalue weighted by molar-refractivity contribution is -0.384. The average molecular weight is 193 g/mol. The number of nitrogens with zero attached hydrogens (tertiary/aromatic N) is 2. The number of aldehydes is 1. The summed E-state index contributed by atoms with van der Waals surface area (Å²) in [7, 11) is 0. The zero-order chi connectivity index (χ0) is 10.4. The Hall–Kier alpha value is -2.24. The summed E-state index contributed by atoms with van der Waals surface area (Å²) in [5, 5.41) is 13.8. The van der Waals surface area contributed by atoms with E-state index < -0.39 is 4.92 Å². The summed E-state index contributed by atoms with van der Waals surface area (Å²) >= 11 is 0. The van der Waals surface area contributed by atoms with Crippen LogP contribution in [0.5, 0.6) is 0 Å². The summed E-state index contributed by atoms with van der Waals surface area (Å²) in [6, 6.07) is 5.69. The first-order chi connectivity index (χ1) is 6.74. The van der Waals surface area contributed by atoms with Gasteiger partial charge in [-0.3, -0.25) is 20.3 Å². The zero-order valence-electron chi connectivity index (χ0n) is 7.08. The van der Waals surface area contributed by atoms with E-state index in [1.54, 1.807) is 0 Å². The molecule has 1 aromatic rings. The van der Waals surface area contributed by atoms with Crippen molar-refractivity contribution in [2.45, 2.75) is 0 Å². The third kappa shape index (κ3) is 2.67. The molecule has 1 N–H and O–H groups in total. The number of rotatable bonds is 4. The standard InChI is InChI=1S/C8H7N3O3/c12-6-5-9-10-7-1-3-8(4-2-7)11(13)14/h1-6,10H. The van der Waals surface area contributed by atoms with Crippen molar-refractivity contribution in [2.75, 3.05) is 5.43 Å². The predicted molar refractivity (Wildman–Crippen MR) is 51.3 cm³/mol. The molecular formula is C8H7N3O3. The quantitative estimate of drug-likeness (QED) is 0.337. The molecule has 72 valence electrons. The van der Waals surface area contributed by atoms with Crippen molar-refractivity contribution in [1.82, 2.24) is 0 Å². The van der Waals surface area contributed by atoms with Crippen LogP contribution in [0.2, 0.25) is 0 Å². The van der Waals surface area contributed by atoms with E-state index in [4.69, 9.17) is 0 Å². The summed E-state index contributed by atoms with van der Waals surface area (Å²) in [6.45, 7) is 0. The molecule has 0 atom stereocenters. The van der Waals surface area contributed by atoms with Crippen molar-refractivity contribution in [1.29, 1.82) is 0 Å². The Morgan fingerprint density at radius 3 is 2.50 bits per heavy atom. The lowest BCUT2D eigenvalue weighted by atomic mass is 10.3. The lowest BCUT2D eigenvalue weighted by Crippen LogP contribution is -1.91. The van der Waals surface area contributed by atoms with E-state index in [9.17, 15) is 14.9 Å². The topological polar surface area (TPSA) is 84.6 Å². The molecule has 1 aromatic carbocycles. The zero-order valence-corrected chi connectivity index (χ0v) is 7.08. The van der Waals surface area contributed by atoms with E-state index in [0.29, 0.717) is 12.0 Å². The third-order valence-electron chi connectivity index (χ3n) is 1.41.